The first-order chi connectivity index (χ1) is 12.8. The van der Waals surface area contributed by atoms with Gasteiger partial charge in [-0.15, -0.1) is 0 Å². The Labute approximate surface area is 165 Å². The summed E-state index contributed by atoms with van der Waals surface area (Å²) in [6, 6.07) is 1.90. The number of aromatic nitrogens is 2. The Bertz CT molecular complexity index is 681. The van der Waals surface area contributed by atoms with Gasteiger partial charge in [-0.3, -0.25) is 0 Å². The van der Waals surface area contributed by atoms with E-state index < -0.39 is 9.84 Å². The molecule has 0 amide bonds. The number of unbranched alkanes of at least 4 members (excludes halogenated alkanes) is 1. The summed E-state index contributed by atoms with van der Waals surface area (Å²) in [5, 5.41) is -0.262. The van der Waals surface area contributed by atoms with Crippen LogP contribution in [-0.2, 0) is 16.3 Å². The average molecular weight is 397 g/mol. The molecule has 1 saturated carbocycles. The van der Waals surface area contributed by atoms with E-state index in [1.54, 1.807) is 13.8 Å². The van der Waals surface area contributed by atoms with Crippen LogP contribution in [0.1, 0.15) is 77.2 Å². The topological polar surface area (TPSA) is 69.2 Å². The molecule has 1 aliphatic rings. The maximum Gasteiger partial charge on any atom is 0.216 e. The molecule has 0 radical (unpaired) electrons. The molecular formula is C21H36N2O3S. The Balaban J connectivity index is 1.79. The van der Waals surface area contributed by atoms with Gasteiger partial charge in [-0.2, -0.15) is 4.98 Å². The predicted octanol–water partition coefficient (Wildman–Crippen LogP) is 4.53. The summed E-state index contributed by atoms with van der Waals surface area (Å²) in [4.78, 5) is 9.12. The second-order valence-corrected chi connectivity index (χ2v) is 10.9. The summed E-state index contributed by atoms with van der Waals surface area (Å²) in [5.74, 6) is 2.90. The first kappa shape index (κ1) is 22.1. The number of hydrogen-bond donors (Lipinski definition) is 0. The first-order valence-electron chi connectivity index (χ1n) is 10.5. The Morgan fingerprint density at radius 1 is 1.15 bits per heavy atom. The van der Waals surface area contributed by atoms with Crippen LogP contribution in [0.3, 0.4) is 0 Å². The quantitative estimate of drug-likeness (QED) is 0.544. The van der Waals surface area contributed by atoms with Crippen LogP contribution >= 0.6 is 0 Å². The fraction of sp³-hybridized carbons (Fsp3) is 0.810. The Kier molecular flexibility index (Phi) is 8.52. The molecule has 1 aromatic rings. The summed E-state index contributed by atoms with van der Waals surface area (Å²) in [6.45, 7) is 8.40. The smallest absolute Gasteiger partial charge is 0.216 e. The van der Waals surface area contributed by atoms with Crippen molar-refractivity contribution in [1.29, 1.82) is 0 Å². The number of ether oxygens (including phenoxy) is 1. The molecule has 1 fully saturated rings. The molecule has 1 aliphatic carbocycles. The summed E-state index contributed by atoms with van der Waals surface area (Å²) < 4.78 is 30.0. The second-order valence-electron chi connectivity index (χ2n) is 8.27. The number of sulfone groups is 1. The zero-order valence-electron chi connectivity index (χ0n) is 17.4. The average Bonchev–Trinajstić information content (AvgIpc) is 2.60. The van der Waals surface area contributed by atoms with Gasteiger partial charge in [0.2, 0.25) is 5.88 Å². The molecule has 0 aromatic carbocycles. The predicted molar refractivity (Wildman–Crippen MR) is 110 cm³/mol. The van der Waals surface area contributed by atoms with E-state index in [1.165, 1.54) is 0 Å². The molecule has 0 unspecified atom stereocenters. The van der Waals surface area contributed by atoms with Gasteiger partial charge in [-0.05, 0) is 58.3 Å². The summed E-state index contributed by atoms with van der Waals surface area (Å²) in [6.07, 6.45) is 8.36. The molecular weight excluding hydrogens is 360 g/mol. The molecule has 0 bridgehead atoms. The third kappa shape index (κ3) is 7.40. The van der Waals surface area contributed by atoms with Gasteiger partial charge >= 0.3 is 0 Å². The van der Waals surface area contributed by atoms with Crippen LogP contribution in [0.2, 0.25) is 0 Å². The largest absolute Gasteiger partial charge is 0.478 e. The van der Waals surface area contributed by atoms with E-state index >= 15 is 0 Å². The molecule has 0 aliphatic heterocycles. The van der Waals surface area contributed by atoms with E-state index in [0.717, 1.165) is 62.9 Å². The Hall–Kier alpha value is -1.17. The van der Waals surface area contributed by atoms with Gasteiger partial charge in [-0.1, -0.05) is 26.2 Å². The number of hydrogen-bond acceptors (Lipinski definition) is 5. The zero-order valence-corrected chi connectivity index (χ0v) is 18.2. The number of aryl methyl sites for hydroxylation is 2. The number of rotatable bonds is 10. The minimum atomic E-state index is -2.92. The van der Waals surface area contributed by atoms with Crippen LogP contribution in [0.5, 0.6) is 5.88 Å². The Morgan fingerprint density at radius 2 is 1.81 bits per heavy atom. The lowest BCUT2D eigenvalue weighted by molar-refractivity contribution is 0.275. The van der Waals surface area contributed by atoms with Crippen molar-refractivity contribution in [3.05, 3.63) is 17.6 Å². The molecule has 5 nitrogen and oxygen atoms in total. The van der Waals surface area contributed by atoms with Crippen LogP contribution in [0.4, 0.5) is 0 Å². The summed E-state index contributed by atoms with van der Waals surface area (Å²) in [7, 11) is -2.92. The van der Waals surface area contributed by atoms with E-state index in [0.29, 0.717) is 30.1 Å². The molecule has 27 heavy (non-hydrogen) atoms. The second kappa shape index (κ2) is 10.4. The van der Waals surface area contributed by atoms with Crippen LogP contribution < -0.4 is 4.74 Å². The third-order valence-electron chi connectivity index (χ3n) is 5.55. The summed E-state index contributed by atoms with van der Waals surface area (Å²) in [5.41, 5.74) is 0.953. The van der Waals surface area contributed by atoms with Crippen molar-refractivity contribution in [1.82, 2.24) is 9.97 Å². The zero-order chi connectivity index (χ0) is 19.9. The van der Waals surface area contributed by atoms with Crippen molar-refractivity contribution in [3.8, 4) is 5.88 Å². The van der Waals surface area contributed by atoms with Gasteiger partial charge in [0.25, 0.3) is 0 Å². The van der Waals surface area contributed by atoms with Gasteiger partial charge in [0.05, 0.1) is 17.6 Å². The highest BCUT2D eigenvalue weighted by Crippen LogP contribution is 2.32. The minimum Gasteiger partial charge on any atom is -0.478 e. The van der Waals surface area contributed by atoms with Gasteiger partial charge in [-0.25, -0.2) is 13.4 Å². The van der Waals surface area contributed by atoms with Crippen molar-refractivity contribution in [2.45, 2.75) is 84.3 Å². The third-order valence-corrected chi connectivity index (χ3v) is 7.93. The van der Waals surface area contributed by atoms with Crippen molar-refractivity contribution in [2.24, 2.45) is 11.8 Å². The van der Waals surface area contributed by atoms with Gasteiger partial charge in [0, 0.05) is 18.2 Å². The lowest BCUT2D eigenvalue weighted by Gasteiger charge is -2.28. The molecule has 6 heteroatoms. The molecule has 2 rings (SSSR count). The molecule has 1 aromatic heterocycles. The van der Waals surface area contributed by atoms with Crippen LogP contribution in [0.25, 0.3) is 0 Å². The summed E-state index contributed by atoms with van der Waals surface area (Å²) >= 11 is 0. The monoisotopic (exact) mass is 396 g/mol. The number of nitrogens with zero attached hydrogens (tertiary/aromatic N) is 2. The van der Waals surface area contributed by atoms with E-state index in [9.17, 15) is 8.42 Å². The van der Waals surface area contributed by atoms with Crippen molar-refractivity contribution < 1.29 is 13.2 Å². The molecule has 0 atom stereocenters. The van der Waals surface area contributed by atoms with Gasteiger partial charge < -0.3 is 4.74 Å². The van der Waals surface area contributed by atoms with Gasteiger partial charge in [0.1, 0.15) is 5.82 Å². The van der Waals surface area contributed by atoms with E-state index in [-0.39, 0.29) is 5.25 Å². The van der Waals surface area contributed by atoms with Crippen molar-refractivity contribution in [2.75, 3.05) is 12.4 Å². The molecule has 154 valence electrons. The highest BCUT2D eigenvalue weighted by Gasteiger charge is 2.27. The van der Waals surface area contributed by atoms with Crippen LogP contribution in [-0.4, -0.2) is 36.0 Å². The highest BCUT2D eigenvalue weighted by molar-refractivity contribution is 7.91. The first-order valence-corrected chi connectivity index (χ1v) is 12.2. The highest BCUT2D eigenvalue weighted by atomic mass is 32.2. The lowest BCUT2D eigenvalue weighted by Crippen LogP contribution is -2.26. The lowest BCUT2D eigenvalue weighted by atomic mass is 9.81. The van der Waals surface area contributed by atoms with E-state index in [1.807, 2.05) is 13.0 Å². The maximum atomic E-state index is 12.1. The van der Waals surface area contributed by atoms with E-state index in [4.69, 9.17) is 4.74 Å². The SMILES string of the molecule is CCCCOc1cc(C)nc(CCC2CCC(CS(=O)(=O)C(C)C)CC2)n1. The molecule has 1 heterocycles. The fourth-order valence-electron chi connectivity index (χ4n) is 3.65. The molecule has 0 spiro atoms. The van der Waals surface area contributed by atoms with Crippen molar-refractivity contribution >= 4 is 9.84 Å². The molecule has 0 N–H and O–H groups in total. The van der Waals surface area contributed by atoms with Crippen molar-refractivity contribution in [3.63, 3.8) is 0 Å². The minimum absolute atomic E-state index is 0.262. The van der Waals surface area contributed by atoms with Crippen LogP contribution in [0.15, 0.2) is 6.07 Å². The fourth-order valence-corrected chi connectivity index (χ4v) is 5.02. The van der Waals surface area contributed by atoms with Gasteiger partial charge in [0.15, 0.2) is 9.84 Å². The van der Waals surface area contributed by atoms with Crippen LogP contribution in [0, 0.1) is 18.8 Å². The Morgan fingerprint density at radius 3 is 2.44 bits per heavy atom. The molecule has 0 saturated heterocycles. The standard InChI is InChI=1S/C21H36N2O3S/c1-5-6-13-26-21-14-17(4)22-20(23-21)12-11-18-7-9-19(10-8-18)15-27(24,25)16(2)3/h14,16,18-19H,5-13,15H2,1-4H3. The van der Waals surface area contributed by atoms with E-state index in [2.05, 4.69) is 16.9 Å². The maximum absolute atomic E-state index is 12.1. The normalized spacial score (nSPS) is 20.8.